The molecule has 1 unspecified atom stereocenters. The van der Waals surface area contributed by atoms with Crippen LogP contribution in [0.25, 0.3) is 0 Å². The highest BCUT2D eigenvalue weighted by molar-refractivity contribution is 6.00. The maximum Gasteiger partial charge on any atom is 0.254 e. The van der Waals surface area contributed by atoms with Crippen molar-refractivity contribution in [3.05, 3.63) is 69.8 Å². The lowest BCUT2D eigenvalue weighted by atomic mass is 9.69. The van der Waals surface area contributed by atoms with E-state index < -0.39 is 11.5 Å². The smallest absolute Gasteiger partial charge is 0.254 e. The average Bonchev–Trinajstić information content (AvgIpc) is 2.89. The van der Waals surface area contributed by atoms with Crippen LogP contribution in [0.3, 0.4) is 0 Å². The minimum atomic E-state index is -0.910. The molecule has 0 heterocycles. The van der Waals surface area contributed by atoms with E-state index in [1.165, 1.54) is 11.8 Å². The van der Waals surface area contributed by atoms with Crippen molar-refractivity contribution in [1.29, 1.82) is 0 Å². The molecule has 2 aromatic carbocycles. The van der Waals surface area contributed by atoms with Gasteiger partial charge in [0.2, 0.25) is 0 Å². The largest absolute Gasteiger partial charge is 0.389 e. The predicted molar refractivity (Wildman–Crippen MR) is 153 cm³/mol. The second-order valence-corrected chi connectivity index (χ2v) is 11.5. The van der Waals surface area contributed by atoms with Crippen molar-refractivity contribution in [1.82, 2.24) is 4.90 Å². The number of hydrogen-bond donors (Lipinski definition) is 1. The van der Waals surface area contributed by atoms with E-state index >= 15 is 0 Å². The fourth-order valence-corrected chi connectivity index (χ4v) is 6.36. The Bertz CT molecular complexity index is 1190. The van der Waals surface area contributed by atoms with Crippen molar-refractivity contribution < 1.29 is 19.5 Å². The molecule has 38 heavy (non-hydrogen) atoms. The number of amides is 1. The normalized spacial score (nSPS) is 16.1. The summed E-state index contributed by atoms with van der Waals surface area (Å²) < 4.78 is 0. The van der Waals surface area contributed by atoms with Gasteiger partial charge in [-0.25, -0.2) is 0 Å². The van der Waals surface area contributed by atoms with Crippen LogP contribution in [0.2, 0.25) is 0 Å². The number of Topliss-reactive ketones (excluding diaryl/α,β-unsaturated/α-hetero) is 2. The molecule has 1 fully saturated rings. The molecule has 1 saturated carbocycles. The van der Waals surface area contributed by atoms with Crippen LogP contribution in [-0.4, -0.2) is 46.7 Å². The van der Waals surface area contributed by atoms with Crippen LogP contribution in [-0.2, 0) is 10.2 Å². The number of rotatable bonds is 10. The van der Waals surface area contributed by atoms with Crippen molar-refractivity contribution in [3.63, 3.8) is 0 Å². The molecular formula is C33H45NO4. The number of aliphatic hydroxyl groups is 1. The molecule has 5 heteroatoms. The molecule has 1 atom stereocenters. The standard InChI is InChI=1S/C33H45NO4/c1-8-32(9-2,27-14-16-29(23(4)20-27)31(37)34(7)21-24(5)35)26-13-15-28(22(3)19-26)30(36)25(6)33(38)17-11-10-12-18-33/h13-16,19-20,25,38H,8-12,17-18,21H2,1-7H3. The minimum Gasteiger partial charge on any atom is -0.389 e. The molecule has 0 spiro atoms. The number of nitrogens with zero attached hydrogens (tertiary/aromatic N) is 1. The van der Waals surface area contributed by atoms with Gasteiger partial charge >= 0.3 is 0 Å². The number of carbonyl (C=O) groups is 3. The molecule has 0 bridgehead atoms. The number of hydrogen-bond acceptors (Lipinski definition) is 4. The molecule has 206 valence electrons. The van der Waals surface area contributed by atoms with Gasteiger partial charge in [-0.15, -0.1) is 0 Å². The van der Waals surface area contributed by atoms with E-state index in [0.29, 0.717) is 24.0 Å². The first-order valence-corrected chi connectivity index (χ1v) is 14.1. The zero-order chi connectivity index (χ0) is 28.3. The van der Waals surface area contributed by atoms with E-state index in [1.54, 1.807) is 7.05 Å². The Hall–Kier alpha value is -2.79. The number of likely N-dealkylation sites (N-methyl/N-ethyl adjacent to an activating group) is 1. The second-order valence-electron chi connectivity index (χ2n) is 11.5. The van der Waals surface area contributed by atoms with Crippen LogP contribution in [0.5, 0.6) is 0 Å². The first-order valence-electron chi connectivity index (χ1n) is 14.1. The summed E-state index contributed by atoms with van der Waals surface area (Å²) in [6.07, 6.45) is 6.17. The Kier molecular flexibility index (Phi) is 9.35. The lowest BCUT2D eigenvalue weighted by Crippen LogP contribution is -2.42. The fraction of sp³-hybridized carbons (Fsp3) is 0.545. The van der Waals surface area contributed by atoms with Crippen LogP contribution < -0.4 is 0 Å². The van der Waals surface area contributed by atoms with E-state index in [4.69, 9.17) is 0 Å². The Morgan fingerprint density at radius 2 is 1.42 bits per heavy atom. The lowest BCUT2D eigenvalue weighted by molar-refractivity contribution is -0.117. The molecule has 0 radical (unpaired) electrons. The molecule has 5 nitrogen and oxygen atoms in total. The van der Waals surface area contributed by atoms with Crippen LogP contribution in [0.15, 0.2) is 36.4 Å². The van der Waals surface area contributed by atoms with Crippen molar-refractivity contribution >= 4 is 17.5 Å². The number of ketones is 2. The van der Waals surface area contributed by atoms with E-state index in [2.05, 4.69) is 32.0 Å². The Balaban J connectivity index is 1.95. The SMILES string of the molecule is CCC(CC)(c1ccc(C(=O)C(C)C2(O)CCCCC2)c(C)c1)c1ccc(C(=O)N(C)CC(C)=O)c(C)c1. The van der Waals surface area contributed by atoms with Gasteiger partial charge in [0, 0.05) is 29.5 Å². The molecule has 0 saturated heterocycles. The first-order chi connectivity index (χ1) is 17.9. The van der Waals surface area contributed by atoms with Crippen LogP contribution in [0.1, 0.15) is 116 Å². The van der Waals surface area contributed by atoms with Gasteiger partial charge in [0.15, 0.2) is 5.78 Å². The van der Waals surface area contributed by atoms with Gasteiger partial charge in [0.05, 0.1) is 12.1 Å². The predicted octanol–water partition coefficient (Wildman–Crippen LogP) is 6.58. The fourth-order valence-electron chi connectivity index (χ4n) is 6.36. The molecule has 1 amide bonds. The third kappa shape index (κ3) is 5.78. The highest BCUT2D eigenvalue weighted by Crippen LogP contribution is 2.41. The van der Waals surface area contributed by atoms with Crippen LogP contribution in [0, 0.1) is 19.8 Å². The third-order valence-corrected chi connectivity index (χ3v) is 8.99. The second kappa shape index (κ2) is 11.9. The molecule has 3 rings (SSSR count). The number of benzene rings is 2. The summed E-state index contributed by atoms with van der Waals surface area (Å²) in [6.45, 7) is 11.7. The molecule has 0 aliphatic heterocycles. The van der Waals surface area contributed by atoms with Gasteiger partial charge in [0.1, 0.15) is 5.78 Å². The van der Waals surface area contributed by atoms with Crippen molar-refractivity contribution in [3.8, 4) is 0 Å². The highest BCUT2D eigenvalue weighted by Gasteiger charge is 2.40. The summed E-state index contributed by atoms with van der Waals surface area (Å²) in [6, 6.07) is 12.1. The van der Waals surface area contributed by atoms with Crippen LogP contribution >= 0.6 is 0 Å². The van der Waals surface area contributed by atoms with Gasteiger partial charge in [0.25, 0.3) is 5.91 Å². The molecule has 1 N–H and O–H groups in total. The quantitative estimate of drug-likeness (QED) is 0.360. The summed E-state index contributed by atoms with van der Waals surface area (Å²) in [4.78, 5) is 39.4. The Labute approximate surface area is 228 Å². The first kappa shape index (κ1) is 29.8. The third-order valence-electron chi connectivity index (χ3n) is 8.99. The highest BCUT2D eigenvalue weighted by atomic mass is 16.3. The monoisotopic (exact) mass is 519 g/mol. The van der Waals surface area contributed by atoms with Crippen molar-refractivity contribution in [2.24, 2.45) is 5.92 Å². The van der Waals surface area contributed by atoms with Crippen molar-refractivity contribution in [2.75, 3.05) is 13.6 Å². The van der Waals surface area contributed by atoms with Gasteiger partial charge in [-0.3, -0.25) is 14.4 Å². The van der Waals surface area contributed by atoms with Gasteiger partial charge in [-0.1, -0.05) is 70.4 Å². The van der Waals surface area contributed by atoms with Crippen LogP contribution in [0.4, 0.5) is 0 Å². The van der Waals surface area contributed by atoms with E-state index in [1.807, 2.05) is 39.0 Å². The van der Waals surface area contributed by atoms with E-state index in [9.17, 15) is 19.5 Å². The average molecular weight is 520 g/mol. The number of aryl methyl sites for hydroxylation is 2. The van der Waals surface area contributed by atoms with Gasteiger partial charge < -0.3 is 10.0 Å². The van der Waals surface area contributed by atoms with E-state index in [0.717, 1.165) is 54.4 Å². The maximum absolute atomic E-state index is 13.5. The van der Waals surface area contributed by atoms with Gasteiger partial charge in [-0.05, 0) is 74.8 Å². The van der Waals surface area contributed by atoms with Crippen molar-refractivity contribution in [2.45, 2.75) is 97.5 Å². The summed E-state index contributed by atoms with van der Waals surface area (Å²) in [5, 5.41) is 11.2. The molecule has 1 aliphatic carbocycles. The molecule has 1 aliphatic rings. The summed E-state index contributed by atoms with van der Waals surface area (Å²) in [5.74, 6) is -0.616. The number of carbonyl (C=O) groups excluding carboxylic acids is 3. The molecule has 0 aromatic heterocycles. The molecular weight excluding hydrogens is 474 g/mol. The van der Waals surface area contributed by atoms with E-state index in [-0.39, 0.29) is 29.4 Å². The Morgan fingerprint density at radius 3 is 1.87 bits per heavy atom. The zero-order valence-corrected chi connectivity index (χ0v) is 24.3. The zero-order valence-electron chi connectivity index (χ0n) is 24.3. The maximum atomic E-state index is 13.5. The lowest BCUT2D eigenvalue weighted by Gasteiger charge is -2.37. The molecule has 2 aromatic rings. The van der Waals surface area contributed by atoms with Gasteiger partial charge in [-0.2, -0.15) is 0 Å². The summed E-state index contributed by atoms with van der Waals surface area (Å²) in [7, 11) is 1.65. The minimum absolute atomic E-state index is 0.0189. The Morgan fingerprint density at radius 1 is 0.921 bits per heavy atom. The topological polar surface area (TPSA) is 74.7 Å². The summed E-state index contributed by atoms with van der Waals surface area (Å²) >= 11 is 0. The summed E-state index contributed by atoms with van der Waals surface area (Å²) in [5.41, 5.74) is 4.20.